The zero-order valence-electron chi connectivity index (χ0n) is 15.9. The minimum atomic E-state index is 0. The second-order valence-corrected chi connectivity index (χ2v) is 6.97. The zero-order chi connectivity index (χ0) is 18.2. The molecule has 0 amide bonds. The predicted octanol–water partition coefficient (Wildman–Crippen LogP) is -1.15. The number of hydrogen-bond donors (Lipinski definition) is 1. The molecule has 146 valence electrons. The van der Waals surface area contributed by atoms with Crippen molar-refractivity contribution in [1.29, 1.82) is 0 Å². The van der Waals surface area contributed by atoms with Crippen molar-refractivity contribution >= 4 is 5.78 Å². The summed E-state index contributed by atoms with van der Waals surface area (Å²) < 4.78 is 5.71. The lowest BCUT2D eigenvalue weighted by Crippen LogP contribution is -3.15. The van der Waals surface area contributed by atoms with Crippen LogP contribution in [0, 0.1) is 0 Å². The Labute approximate surface area is 168 Å². The molecule has 0 saturated carbocycles. The number of nitrogens with zero attached hydrogens (tertiary/aromatic N) is 1. The number of carbonyl (C=O) groups excluding carboxylic acids is 1. The van der Waals surface area contributed by atoms with Crippen molar-refractivity contribution in [2.24, 2.45) is 0 Å². The van der Waals surface area contributed by atoms with Crippen LogP contribution in [0.3, 0.4) is 0 Å². The van der Waals surface area contributed by atoms with Gasteiger partial charge in [0.05, 0.1) is 13.1 Å². The van der Waals surface area contributed by atoms with Gasteiger partial charge in [-0.15, -0.1) is 0 Å². The van der Waals surface area contributed by atoms with Crippen LogP contribution in [0.25, 0.3) is 0 Å². The zero-order valence-corrected chi connectivity index (χ0v) is 16.7. The highest BCUT2D eigenvalue weighted by molar-refractivity contribution is 5.96. The maximum absolute atomic E-state index is 12.2. The average molecular weight is 389 g/mol. The van der Waals surface area contributed by atoms with E-state index < -0.39 is 0 Å². The molecule has 0 bridgehead atoms. The Hall–Kier alpha value is -1.72. The van der Waals surface area contributed by atoms with Crippen LogP contribution >= 0.6 is 0 Å². The first-order chi connectivity index (χ1) is 12.8. The molecule has 4 nitrogen and oxygen atoms in total. The summed E-state index contributed by atoms with van der Waals surface area (Å²) in [4.78, 5) is 16.2. The van der Waals surface area contributed by atoms with Crippen LogP contribution < -0.4 is 17.3 Å². The molecule has 1 heterocycles. The second-order valence-electron chi connectivity index (χ2n) is 6.97. The van der Waals surface area contributed by atoms with Gasteiger partial charge in [-0.25, -0.2) is 0 Å². The fourth-order valence-corrected chi connectivity index (χ4v) is 3.59. The van der Waals surface area contributed by atoms with Crippen LogP contribution in [0.2, 0.25) is 0 Å². The van der Waals surface area contributed by atoms with Crippen molar-refractivity contribution in [1.82, 2.24) is 4.90 Å². The lowest BCUT2D eigenvalue weighted by molar-refractivity contribution is -0.908. The number of quaternary nitrogens is 1. The van der Waals surface area contributed by atoms with Crippen LogP contribution in [0.5, 0.6) is 0 Å². The van der Waals surface area contributed by atoms with E-state index in [1.165, 1.54) is 5.56 Å². The van der Waals surface area contributed by atoms with E-state index in [0.29, 0.717) is 6.42 Å². The van der Waals surface area contributed by atoms with Crippen molar-refractivity contribution in [3.05, 3.63) is 71.8 Å². The highest BCUT2D eigenvalue weighted by atomic mass is 35.5. The molecule has 1 saturated heterocycles. The molecule has 3 rings (SSSR count). The molecular formula is C22H29ClN2O2. The summed E-state index contributed by atoms with van der Waals surface area (Å²) in [7, 11) is 1.79. The summed E-state index contributed by atoms with van der Waals surface area (Å²) in [5.41, 5.74) is 2.07. The van der Waals surface area contributed by atoms with Gasteiger partial charge in [-0.3, -0.25) is 9.69 Å². The normalized spacial score (nSPS) is 16.5. The van der Waals surface area contributed by atoms with E-state index in [2.05, 4.69) is 29.2 Å². The van der Waals surface area contributed by atoms with Crippen LogP contribution in [-0.4, -0.2) is 57.1 Å². The van der Waals surface area contributed by atoms with Gasteiger partial charge in [0.2, 0.25) is 0 Å². The molecule has 0 aromatic heterocycles. The smallest absolute Gasteiger partial charge is 0.164 e. The summed E-state index contributed by atoms with van der Waals surface area (Å²) >= 11 is 0. The van der Waals surface area contributed by atoms with Gasteiger partial charge < -0.3 is 22.0 Å². The van der Waals surface area contributed by atoms with E-state index in [1.54, 1.807) is 12.0 Å². The second kappa shape index (κ2) is 11.2. The number of carbonyl (C=O) groups is 1. The van der Waals surface area contributed by atoms with Crippen molar-refractivity contribution < 1.29 is 26.8 Å². The molecule has 5 heteroatoms. The number of ketones is 1. The van der Waals surface area contributed by atoms with Gasteiger partial charge in [0.25, 0.3) is 0 Å². The van der Waals surface area contributed by atoms with Crippen molar-refractivity contribution in [2.75, 3.05) is 46.4 Å². The number of ether oxygens (including phenoxy) is 1. The minimum absolute atomic E-state index is 0. The SMILES string of the molecule is COC(C[NH+]1CCN(CCC(=O)c2ccccc2)CC1)c1ccccc1.[Cl-]. The topological polar surface area (TPSA) is 34.0 Å². The summed E-state index contributed by atoms with van der Waals surface area (Å²) in [6.07, 6.45) is 0.752. The van der Waals surface area contributed by atoms with Gasteiger partial charge in [-0.05, 0) is 5.56 Å². The number of halogens is 1. The molecule has 1 N–H and O–H groups in total. The Morgan fingerprint density at radius 1 is 1.04 bits per heavy atom. The number of Topliss-reactive ketones (excluding diaryl/α,β-unsaturated/α-hetero) is 1. The summed E-state index contributed by atoms with van der Waals surface area (Å²) in [6, 6.07) is 20.1. The molecule has 1 fully saturated rings. The van der Waals surface area contributed by atoms with Gasteiger partial charge in [-0.2, -0.15) is 0 Å². The van der Waals surface area contributed by atoms with E-state index >= 15 is 0 Å². The van der Waals surface area contributed by atoms with E-state index in [0.717, 1.165) is 44.8 Å². The fourth-order valence-electron chi connectivity index (χ4n) is 3.59. The van der Waals surface area contributed by atoms with Gasteiger partial charge in [0.15, 0.2) is 5.78 Å². The average Bonchev–Trinajstić information content (AvgIpc) is 2.72. The van der Waals surface area contributed by atoms with Gasteiger partial charge in [0, 0.05) is 38.7 Å². The molecular weight excluding hydrogens is 360 g/mol. The van der Waals surface area contributed by atoms with Crippen molar-refractivity contribution in [3.8, 4) is 0 Å². The van der Waals surface area contributed by atoms with E-state index in [4.69, 9.17) is 4.74 Å². The molecule has 2 aromatic carbocycles. The maximum atomic E-state index is 12.2. The third kappa shape index (κ3) is 6.43. The van der Waals surface area contributed by atoms with E-state index in [1.807, 2.05) is 36.4 Å². The van der Waals surface area contributed by atoms with E-state index in [9.17, 15) is 4.79 Å². The summed E-state index contributed by atoms with van der Waals surface area (Å²) in [6.45, 7) is 6.15. The van der Waals surface area contributed by atoms with Gasteiger partial charge >= 0.3 is 0 Å². The third-order valence-electron chi connectivity index (χ3n) is 5.24. The molecule has 2 aromatic rings. The molecule has 27 heavy (non-hydrogen) atoms. The molecule has 0 radical (unpaired) electrons. The molecule has 1 aliphatic rings. The van der Waals surface area contributed by atoms with Crippen molar-refractivity contribution in [3.63, 3.8) is 0 Å². The number of benzene rings is 2. The Morgan fingerprint density at radius 3 is 2.22 bits per heavy atom. The monoisotopic (exact) mass is 388 g/mol. The number of piperazine rings is 1. The first-order valence-electron chi connectivity index (χ1n) is 9.48. The molecule has 1 aliphatic heterocycles. The first-order valence-corrected chi connectivity index (χ1v) is 9.48. The number of rotatable bonds is 8. The Bertz CT molecular complexity index is 673. The van der Waals surface area contributed by atoms with E-state index in [-0.39, 0.29) is 24.3 Å². The largest absolute Gasteiger partial charge is 1.00 e. The van der Waals surface area contributed by atoms with Crippen LogP contribution in [-0.2, 0) is 4.74 Å². The van der Waals surface area contributed by atoms with Gasteiger partial charge in [0.1, 0.15) is 12.6 Å². The highest BCUT2D eigenvalue weighted by Gasteiger charge is 2.24. The number of nitrogens with one attached hydrogen (secondary N) is 1. The lowest BCUT2D eigenvalue weighted by Gasteiger charge is -2.33. The fraction of sp³-hybridized carbons (Fsp3) is 0.409. The quantitative estimate of drug-likeness (QED) is 0.580. The predicted molar refractivity (Wildman–Crippen MR) is 104 cm³/mol. The summed E-state index contributed by atoms with van der Waals surface area (Å²) in [5, 5.41) is 0. The number of hydrogen-bond acceptors (Lipinski definition) is 3. The number of methoxy groups -OCH3 is 1. The standard InChI is InChI=1S/C22H28N2O2.ClH/c1-26-22(20-10-6-3-7-11-20)18-24-16-14-23(15-17-24)13-12-21(25)19-8-4-2-5-9-19;/h2-11,22H,12-18H2,1H3;1H. The highest BCUT2D eigenvalue weighted by Crippen LogP contribution is 2.14. The molecule has 1 unspecified atom stereocenters. The van der Waals surface area contributed by atoms with Crippen LogP contribution in [0.1, 0.15) is 28.4 Å². The van der Waals surface area contributed by atoms with Crippen LogP contribution in [0.4, 0.5) is 0 Å². The maximum Gasteiger partial charge on any atom is 0.164 e. The molecule has 1 atom stereocenters. The first kappa shape index (κ1) is 21.6. The van der Waals surface area contributed by atoms with Crippen LogP contribution in [0.15, 0.2) is 60.7 Å². The Balaban J connectivity index is 0.00000261. The Morgan fingerprint density at radius 2 is 1.63 bits per heavy atom. The van der Waals surface area contributed by atoms with Crippen molar-refractivity contribution in [2.45, 2.75) is 12.5 Å². The third-order valence-corrected chi connectivity index (χ3v) is 5.24. The van der Waals surface area contributed by atoms with Gasteiger partial charge in [-0.1, -0.05) is 60.7 Å². The summed E-state index contributed by atoms with van der Waals surface area (Å²) in [5.74, 6) is 0.240. The Kier molecular flexibility index (Phi) is 8.95. The molecule has 0 spiro atoms. The minimum Gasteiger partial charge on any atom is -1.00 e. The lowest BCUT2D eigenvalue weighted by atomic mass is 10.1. The molecule has 0 aliphatic carbocycles.